The summed E-state index contributed by atoms with van der Waals surface area (Å²) >= 11 is 0. The number of carbonyl (C=O) groups excluding carboxylic acids is 1. The zero-order valence-corrected chi connectivity index (χ0v) is 16.2. The molecule has 0 radical (unpaired) electrons. The highest BCUT2D eigenvalue weighted by atomic mass is 16.6. The Balaban J connectivity index is 1.86. The Hall–Kier alpha value is -2.93. The number of non-ortho nitro benzene ring substituents is 1. The Labute approximate surface area is 164 Å². The maximum absolute atomic E-state index is 12.9. The van der Waals surface area contributed by atoms with Gasteiger partial charge in [-0.25, -0.2) is 0 Å². The Morgan fingerprint density at radius 1 is 1.21 bits per heavy atom. The average molecular weight is 383 g/mol. The molecule has 1 aliphatic heterocycles. The molecule has 1 N–H and O–H groups in total. The molecule has 148 valence electrons. The summed E-state index contributed by atoms with van der Waals surface area (Å²) in [7, 11) is 0. The Bertz CT molecular complexity index is 845. The van der Waals surface area contributed by atoms with E-state index in [2.05, 4.69) is 19.2 Å². The van der Waals surface area contributed by atoms with Crippen LogP contribution in [0.5, 0.6) is 0 Å². The van der Waals surface area contributed by atoms with Gasteiger partial charge in [0.2, 0.25) is 0 Å². The fraction of sp³-hybridized carbons (Fsp3) is 0.381. The molecule has 1 heterocycles. The summed E-state index contributed by atoms with van der Waals surface area (Å²) in [6.07, 6.45) is 1.04. The van der Waals surface area contributed by atoms with Crippen LogP contribution in [0.4, 0.5) is 17.1 Å². The molecule has 28 heavy (non-hydrogen) atoms. The van der Waals surface area contributed by atoms with E-state index >= 15 is 0 Å². The lowest BCUT2D eigenvalue weighted by Crippen LogP contribution is -2.37. The standard InChI is InChI=1S/C21H25N3O4/c1-3-15(2)16-4-6-17(7-5-16)22-21(25)19-14-18(24(26)27)8-9-20(19)23-10-12-28-13-11-23/h4-9,14-15H,3,10-13H2,1-2H3,(H,22,25)/t15-/m0/s1. The van der Waals surface area contributed by atoms with Gasteiger partial charge in [-0.15, -0.1) is 0 Å². The van der Waals surface area contributed by atoms with Crippen molar-refractivity contribution >= 4 is 23.0 Å². The smallest absolute Gasteiger partial charge is 0.270 e. The number of ether oxygens (including phenoxy) is 1. The quantitative estimate of drug-likeness (QED) is 0.597. The molecular weight excluding hydrogens is 358 g/mol. The highest BCUT2D eigenvalue weighted by molar-refractivity contribution is 6.08. The van der Waals surface area contributed by atoms with Gasteiger partial charge in [0.15, 0.2) is 0 Å². The van der Waals surface area contributed by atoms with Crippen molar-refractivity contribution in [2.24, 2.45) is 0 Å². The predicted octanol–water partition coefficient (Wildman–Crippen LogP) is 4.20. The van der Waals surface area contributed by atoms with Crippen molar-refractivity contribution in [2.75, 3.05) is 36.5 Å². The lowest BCUT2D eigenvalue weighted by Gasteiger charge is -2.30. The van der Waals surface area contributed by atoms with Gasteiger partial charge in [-0.05, 0) is 36.1 Å². The summed E-state index contributed by atoms with van der Waals surface area (Å²) < 4.78 is 5.37. The third kappa shape index (κ3) is 4.48. The Kier molecular flexibility index (Phi) is 6.26. The highest BCUT2D eigenvalue weighted by Gasteiger charge is 2.22. The van der Waals surface area contributed by atoms with Crippen LogP contribution in [0, 0.1) is 10.1 Å². The number of anilines is 2. The number of nitro groups is 1. The topological polar surface area (TPSA) is 84.7 Å². The van der Waals surface area contributed by atoms with E-state index in [-0.39, 0.29) is 11.6 Å². The Morgan fingerprint density at radius 3 is 2.50 bits per heavy atom. The Morgan fingerprint density at radius 2 is 1.89 bits per heavy atom. The number of benzene rings is 2. The van der Waals surface area contributed by atoms with Gasteiger partial charge in [0.1, 0.15) is 0 Å². The SMILES string of the molecule is CC[C@H](C)c1ccc(NC(=O)c2cc([N+](=O)[O-])ccc2N2CCOCC2)cc1. The first-order valence-electron chi connectivity index (χ1n) is 9.52. The maximum atomic E-state index is 12.9. The lowest BCUT2D eigenvalue weighted by atomic mass is 9.98. The minimum absolute atomic E-state index is 0.103. The third-order valence-electron chi connectivity index (χ3n) is 5.14. The van der Waals surface area contributed by atoms with Gasteiger partial charge in [-0.1, -0.05) is 26.0 Å². The van der Waals surface area contributed by atoms with E-state index in [1.807, 2.05) is 29.2 Å². The van der Waals surface area contributed by atoms with E-state index in [9.17, 15) is 14.9 Å². The molecule has 2 aromatic carbocycles. The van der Waals surface area contributed by atoms with Crippen LogP contribution in [0.1, 0.15) is 42.1 Å². The molecule has 0 saturated carbocycles. The number of hydrogen-bond acceptors (Lipinski definition) is 5. The molecule has 0 bridgehead atoms. The first kappa shape index (κ1) is 19.8. The molecular formula is C21H25N3O4. The molecule has 0 spiro atoms. The maximum Gasteiger partial charge on any atom is 0.270 e. The van der Waals surface area contributed by atoms with Gasteiger partial charge in [-0.2, -0.15) is 0 Å². The van der Waals surface area contributed by atoms with E-state index in [1.54, 1.807) is 6.07 Å². The van der Waals surface area contributed by atoms with Gasteiger partial charge in [0.25, 0.3) is 11.6 Å². The zero-order valence-electron chi connectivity index (χ0n) is 16.2. The van der Waals surface area contributed by atoms with Gasteiger partial charge in [-0.3, -0.25) is 14.9 Å². The predicted molar refractivity (Wildman–Crippen MR) is 109 cm³/mol. The van der Waals surface area contributed by atoms with Gasteiger partial charge >= 0.3 is 0 Å². The van der Waals surface area contributed by atoms with Crippen molar-refractivity contribution in [3.63, 3.8) is 0 Å². The summed E-state index contributed by atoms with van der Waals surface area (Å²) in [5.41, 5.74) is 2.75. The van der Waals surface area contributed by atoms with Crippen LogP contribution in [0.25, 0.3) is 0 Å². The lowest BCUT2D eigenvalue weighted by molar-refractivity contribution is -0.384. The zero-order chi connectivity index (χ0) is 20.1. The fourth-order valence-corrected chi connectivity index (χ4v) is 3.23. The molecule has 0 unspecified atom stereocenters. The van der Waals surface area contributed by atoms with E-state index in [4.69, 9.17) is 4.74 Å². The van der Waals surface area contributed by atoms with Crippen molar-refractivity contribution in [3.05, 3.63) is 63.7 Å². The molecule has 1 fully saturated rings. The molecule has 7 nitrogen and oxygen atoms in total. The van der Waals surface area contributed by atoms with E-state index in [0.717, 1.165) is 6.42 Å². The van der Waals surface area contributed by atoms with Gasteiger partial charge in [0.05, 0.1) is 29.4 Å². The first-order chi connectivity index (χ1) is 13.5. The molecule has 0 aliphatic carbocycles. The van der Waals surface area contributed by atoms with E-state index < -0.39 is 4.92 Å². The number of amides is 1. The second kappa shape index (κ2) is 8.84. The first-order valence-corrected chi connectivity index (χ1v) is 9.52. The largest absolute Gasteiger partial charge is 0.378 e. The summed E-state index contributed by atoms with van der Waals surface area (Å²) in [4.78, 5) is 25.7. The third-order valence-corrected chi connectivity index (χ3v) is 5.14. The van der Waals surface area contributed by atoms with Crippen molar-refractivity contribution in [1.29, 1.82) is 0 Å². The molecule has 7 heteroatoms. The number of morpholine rings is 1. The molecule has 2 aromatic rings. The summed E-state index contributed by atoms with van der Waals surface area (Å²) in [6.45, 7) is 6.70. The number of nitrogens with one attached hydrogen (secondary N) is 1. The highest BCUT2D eigenvalue weighted by Crippen LogP contribution is 2.28. The van der Waals surface area contributed by atoms with Crippen LogP contribution >= 0.6 is 0 Å². The summed E-state index contributed by atoms with van der Waals surface area (Å²) in [6, 6.07) is 12.1. The number of nitro benzene ring substituents is 1. The van der Waals surface area contributed by atoms with Crippen LogP contribution in [-0.4, -0.2) is 37.1 Å². The van der Waals surface area contributed by atoms with Crippen LogP contribution in [0.15, 0.2) is 42.5 Å². The second-order valence-electron chi connectivity index (χ2n) is 6.94. The van der Waals surface area contributed by atoms with E-state index in [0.29, 0.717) is 49.2 Å². The number of hydrogen-bond donors (Lipinski definition) is 1. The minimum Gasteiger partial charge on any atom is -0.378 e. The summed E-state index contributed by atoms with van der Waals surface area (Å²) in [5, 5.41) is 14.1. The molecule has 0 aromatic heterocycles. The van der Waals surface area contributed by atoms with Crippen molar-refractivity contribution < 1.29 is 14.5 Å². The molecule has 1 saturated heterocycles. The van der Waals surface area contributed by atoms with Crippen molar-refractivity contribution in [1.82, 2.24) is 0 Å². The normalized spacial score (nSPS) is 15.1. The molecule has 3 rings (SSSR count). The van der Waals surface area contributed by atoms with Crippen LogP contribution in [0.2, 0.25) is 0 Å². The average Bonchev–Trinajstić information content (AvgIpc) is 2.73. The number of carbonyl (C=O) groups is 1. The second-order valence-corrected chi connectivity index (χ2v) is 6.94. The fourth-order valence-electron chi connectivity index (χ4n) is 3.23. The minimum atomic E-state index is -0.485. The molecule has 1 amide bonds. The van der Waals surface area contributed by atoms with E-state index in [1.165, 1.54) is 17.7 Å². The van der Waals surface area contributed by atoms with Crippen LogP contribution in [0.3, 0.4) is 0 Å². The molecule has 1 atom stereocenters. The number of rotatable bonds is 6. The van der Waals surface area contributed by atoms with Crippen molar-refractivity contribution in [3.8, 4) is 0 Å². The van der Waals surface area contributed by atoms with Crippen LogP contribution in [-0.2, 0) is 4.74 Å². The van der Waals surface area contributed by atoms with Crippen molar-refractivity contribution in [2.45, 2.75) is 26.2 Å². The monoisotopic (exact) mass is 383 g/mol. The van der Waals surface area contributed by atoms with Gasteiger partial charge < -0.3 is 15.0 Å². The van der Waals surface area contributed by atoms with Gasteiger partial charge in [0, 0.05) is 30.9 Å². The number of nitrogens with zero attached hydrogens (tertiary/aromatic N) is 2. The summed E-state index contributed by atoms with van der Waals surface area (Å²) in [5.74, 6) is 0.0935. The van der Waals surface area contributed by atoms with Crippen LogP contribution < -0.4 is 10.2 Å². The molecule has 1 aliphatic rings.